The van der Waals surface area contributed by atoms with Gasteiger partial charge in [-0.15, -0.1) is 0 Å². The van der Waals surface area contributed by atoms with E-state index in [0.29, 0.717) is 47.9 Å². The number of carbonyl (C=O) groups excluding carboxylic acids is 1. The molecule has 3 aromatic rings. The van der Waals surface area contributed by atoms with E-state index in [-0.39, 0.29) is 18.0 Å². The Kier molecular flexibility index (Phi) is 8.20. The second kappa shape index (κ2) is 11.3. The lowest BCUT2D eigenvalue weighted by atomic mass is 10.1. The van der Waals surface area contributed by atoms with Crippen molar-refractivity contribution in [1.82, 2.24) is 15.3 Å². The molecule has 0 unspecified atom stereocenters. The summed E-state index contributed by atoms with van der Waals surface area (Å²) in [6, 6.07) is 10.7. The third-order valence-electron chi connectivity index (χ3n) is 4.66. The van der Waals surface area contributed by atoms with Gasteiger partial charge in [0.15, 0.2) is 5.69 Å². The van der Waals surface area contributed by atoms with Gasteiger partial charge in [-0.3, -0.25) is 9.78 Å². The molecule has 0 saturated heterocycles. The van der Waals surface area contributed by atoms with E-state index in [1.807, 2.05) is 12.1 Å². The Morgan fingerprint density at radius 1 is 1.03 bits per heavy atom. The number of rotatable bonds is 9. The van der Waals surface area contributed by atoms with Crippen LogP contribution in [0.1, 0.15) is 22.5 Å². The summed E-state index contributed by atoms with van der Waals surface area (Å²) in [5.41, 5.74) is 2.57. The molecule has 2 N–H and O–H groups in total. The highest BCUT2D eigenvalue weighted by molar-refractivity contribution is 6.31. The first-order chi connectivity index (χ1) is 15.4. The number of nitrogens with one attached hydrogen (secondary N) is 2. The Labute approximate surface area is 189 Å². The van der Waals surface area contributed by atoms with Crippen molar-refractivity contribution in [2.45, 2.75) is 19.3 Å². The van der Waals surface area contributed by atoms with Crippen molar-refractivity contribution in [2.24, 2.45) is 0 Å². The van der Waals surface area contributed by atoms with Gasteiger partial charge in [-0.05, 0) is 55.3 Å². The average molecular weight is 456 g/mol. The molecule has 0 atom stereocenters. The molecule has 6 nitrogen and oxygen atoms in total. The van der Waals surface area contributed by atoms with Gasteiger partial charge in [-0.25, -0.2) is 13.8 Å². The quantitative estimate of drug-likeness (QED) is 0.478. The highest BCUT2D eigenvalue weighted by Crippen LogP contribution is 2.21. The first-order valence-electron chi connectivity index (χ1n) is 9.88. The van der Waals surface area contributed by atoms with Gasteiger partial charge in [-0.1, -0.05) is 23.7 Å². The number of aromatic nitrogens is 2. The molecule has 3 rings (SSSR count). The van der Waals surface area contributed by atoms with Gasteiger partial charge >= 0.3 is 0 Å². The highest BCUT2D eigenvalue weighted by atomic mass is 35.5. The van der Waals surface area contributed by atoms with Crippen LogP contribution >= 0.6 is 11.6 Å². The number of benzene rings is 2. The summed E-state index contributed by atoms with van der Waals surface area (Å²) in [6.07, 6.45) is 3.84. The molecule has 0 fully saturated rings. The van der Waals surface area contributed by atoms with Gasteiger partial charge in [0.05, 0.1) is 24.5 Å². The second-order valence-electron chi connectivity index (χ2n) is 7.02. The van der Waals surface area contributed by atoms with E-state index in [1.165, 1.54) is 24.5 Å². The Bertz CT molecular complexity index is 1130. The van der Waals surface area contributed by atoms with Gasteiger partial charge in [0.2, 0.25) is 5.91 Å². The van der Waals surface area contributed by atoms with Crippen LogP contribution in [0.5, 0.6) is 0 Å². The maximum absolute atomic E-state index is 13.6. The van der Waals surface area contributed by atoms with Crippen LogP contribution in [0.4, 0.5) is 14.5 Å². The molecule has 9 heteroatoms. The maximum atomic E-state index is 13.6. The first kappa shape index (κ1) is 23.3. The Morgan fingerprint density at radius 2 is 1.78 bits per heavy atom. The van der Waals surface area contributed by atoms with Crippen molar-refractivity contribution in [2.75, 3.05) is 18.4 Å². The molecule has 0 bridgehead atoms. The predicted molar refractivity (Wildman–Crippen MR) is 117 cm³/mol. The van der Waals surface area contributed by atoms with E-state index in [1.54, 1.807) is 12.1 Å². The standard InChI is InChI=1S/C23H20ClF2N5O/c24-21-10-18(31-23(32)11-19-13-30-20(12-27)14-29-19)4-2-15(21)5-7-28-8-6-16-1-3-17(25)9-22(16)26/h1-4,9-10,13-14,28H,5-8,11H2,(H,31,32). The summed E-state index contributed by atoms with van der Waals surface area (Å²) in [5, 5.41) is 15.2. The van der Waals surface area contributed by atoms with Gasteiger partial charge in [-0.2, -0.15) is 5.26 Å². The summed E-state index contributed by atoms with van der Waals surface area (Å²) in [5.74, 6) is -1.40. The number of anilines is 1. The number of hydrogen-bond acceptors (Lipinski definition) is 5. The average Bonchev–Trinajstić information content (AvgIpc) is 2.76. The molecule has 0 aliphatic carbocycles. The smallest absolute Gasteiger partial charge is 0.230 e. The van der Waals surface area contributed by atoms with Gasteiger partial charge in [0.25, 0.3) is 0 Å². The molecule has 0 radical (unpaired) electrons. The molecule has 0 aliphatic heterocycles. The van der Waals surface area contributed by atoms with Crippen molar-refractivity contribution < 1.29 is 13.6 Å². The molecular weight excluding hydrogens is 436 g/mol. The SMILES string of the molecule is N#Cc1cnc(CC(=O)Nc2ccc(CCNCCc3ccc(F)cc3F)c(Cl)c2)cn1. The molecule has 0 saturated carbocycles. The fourth-order valence-electron chi connectivity index (χ4n) is 3.00. The van der Waals surface area contributed by atoms with Crippen LogP contribution in [-0.2, 0) is 24.1 Å². The minimum atomic E-state index is -0.587. The van der Waals surface area contributed by atoms with Crippen molar-refractivity contribution >= 4 is 23.2 Å². The summed E-state index contributed by atoms with van der Waals surface area (Å²) in [4.78, 5) is 20.1. The zero-order valence-corrected chi connectivity index (χ0v) is 17.8. The summed E-state index contributed by atoms with van der Waals surface area (Å²) >= 11 is 6.33. The maximum Gasteiger partial charge on any atom is 0.230 e. The minimum absolute atomic E-state index is 0.0245. The van der Waals surface area contributed by atoms with Crippen molar-refractivity contribution in [3.05, 3.63) is 88.0 Å². The number of amides is 1. The van der Waals surface area contributed by atoms with E-state index in [2.05, 4.69) is 20.6 Å². The topological polar surface area (TPSA) is 90.7 Å². The summed E-state index contributed by atoms with van der Waals surface area (Å²) in [6.45, 7) is 1.18. The first-order valence-corrected chi connectivity index (χ1v) is 10.3. The molecule has 32 heavy (non-hydrogen) atoms. The third-order valence-corrected chi connectivity index (χ3v) is 5.01. The molecule has 2 aromatic carbocycles. The fourth-order valence-corrected chi connectivity index (χ4v) is 3.27. The summed E-state index contributed by atoms with van der Waals surface area (Å²) in [7, 11) is 0. The lowest BCUT2D eigenvalue weighted by molar-refractivity contribution is -0.115. The number of carbonyl (C=O) groups is 1. The molecule has 164 valence electrons. The Morgan fingerprint density at radius 3 is 2.44 bits per heavy atom. The fraction of sp³-hybridized carbons (Fsp3) is 0.217. The molecule has 1 heterocycles. The monoisotopic (exact) mass is 455 g/mol. The third kappa shape index (κ3) is 6.80. The second-order valence-corrected chi connectivity index (χ2v) is 7.43. The molecule has 0 aliphatic rings. The van der Waals surface area contributed by atoms with Crippen molar-refractivity contribution in [3.8, 4) is 6.07 Å². The van der Waals surface area contributed by atoms with Crippen LogP contribution in [-0.4, -0.2) is 29.0 Å². The number of halogens is 3. The van der Waals surface area contributed by atoms with E-state index < -0.39 is 11.6 Å². The van der Waals surface area contributed by atoms with E-state index >= 15 is 0 Å². The van der Waals surface area contributed by atoms with E-state index in [4.69, 9.17) is 16.9 Å². The predicted octanol–water partition coefficient (Wildman–Crippen LogP) is 3.84. The highest BCUT2D eigenvalue weighted by Gasteiger charge is 2.09. The van der Waals surface area contributed by atoms with E-state index in [9.17, 15) is 13.6 Å². The van der Waals surface area contributed by atoms with Crippen LogP contribution in [0.15, 0.2) is 48.8 Å². The zero-order valence-electron chi connectivity index (χ0n) is 17.0. The Hall–Kier alpha value is -3.41. The normalized spacial score (nSPS) is 10.6. The minimum Gasteiger partial charge on any atom is -0.326 e. The number of nitriles is 1. The summed E-state index contributed by atoms with van der Waals surface area (Å²) < 4.78 is 26.6. The van der Waals surface area contributed by atoms with Crippen LogP contribution < -0.4 is 10.6 Å². The number of nitrogens with zero attached hydrogens (tertiary/aromatic N) is 3. The van der Waals surface area contributed by atoms with E-state index in [0.717, 1.165) is 11.6 Å². The molecule has 1 aromatic heterocycles. The van der Waals surface area contributed by atoms with Crippen LogP contribution in [0, 0.1) is 23.0 Å². The molecule has 0 spiro atoms. The van der Waals surface area contributed by atoms with Gasteiger partial charge in [0.1, 0.15) is 17.7 Å². The van der Waals surface area contributed by atoms with Crippen molar-refractivity contribution in [3.63, 3.8) is 0 Å². The van der Waals surface area contributed by atoms with Crippen molar-refractivity contribution in [1.29, 1.82) is 5.26 Å². The Balaban J connectivity index is 1.43. The van der Waals surface area contributed by atoms with Crippen LogP contribution in [0.3, 0.4) is 0 Å². The lowest BCUT2D eigenvalue weighted by Crippen LogP contribution is -2.20. The van der Waals surface area contributed by atoms with Gasteiger partial charge < -0.3 is 10.6 Å². The van der Waals surface area contributed by atoms with Crippen LogP contribution in [0.2, 0.25) is 5.02 Å². The zero-order chi connectivity index (χ0) is 22.9. The largest absolute Gasteiger partial charge is 0.326 e. The van der Waals surface area contributed by atoms with Gasteiger partial charge in [0, 0.05) is 16.8 Å². The lowest BCUT2D eigenvalue weighted by Gasteiger charge is -2.10. The molecular formula is C23H20ClF2N5O. The number of hydrogen-bond donors (Lipinski definition) is 2. The molecule has 1 amide bonds. The van der Waals surface area contributed by atoms with Crippen LogP contribution in [0.25, 0.3) is 0 Å².